The first-order chi connectivity index (χ1) is 3.79. The van der Waals surface area contributed by atoms with Crippen molar-refractivity contribution < 1.29 is 4.79 Å². The summed E-state index contributed by atoms with van der Waals surface area (Å²) in [5.74, 6) is -0.148. The van der Waals surface area contributed by atoms with E-state index in [1.54, 1.807) is 13.1 Å². The van der Waals surface area contributed by atoms with E-state index in [4.69, 9.17) is 0 Å². The molecule has 0 N–H and O–H groups in total. The average Bonchev–Trinajstić information content (AvgIpc) is 1.64. The van der Waals surface area contributed by atoms with Crippen LogP contribution in [0.5, 0.6) is 0 Å². The second kappa shape index (κ2) is 1.86. The van der Waals surface area contributed by atoms with Gasteiger partial charge in [0.15, 0.2) is 0 Å². The molecule has 3 heteroatoms. The quantitative estimate of drug-likeness (QED) is 0.434. The number of aliphatic imine (C=N–C) groups is 2. The zero-order valence-electron chi connectivity index (χ0n) is 4.59. The van der Waals surface area contributed by atoms with Crippen molar-refractivity contribution in [2.75, 3.05) is 6.54 Å². The topological polar surface area (TPSA) is 41.8 Å². The molecule has 1 amide bonds. The number of nitrogens with zero attached hydrogens (tertiary/aromatic N) is 2. The molecule has 0 spiro atoms. The van der Waals surface area contributed by atoms with Crippen LogP contribution in [-0.4, -0.2) is 24.4 Å². The van der Waals surface area contributed by atoms with E-state index >= 15 is 0 Å². The van der Waals surface area contributed by atoms with Crippen molar-refractivity contribution in [3.63, 3.8) is 0 Å². The smallest absolute Gasteiger partial charge is 0.267 e. The summed E-state index contributed by atoms with van der Waals surface area (Å²) in [4.78, 5) is 17.7. The van der Waals surface area contributed by atoms with E-state index in [2.05, 4.69) is 9.98 Å². The van der Waals surface area contributed by atoms with Gasteiger partial charge in [0.25, 0.3) is 5.91 Å². The van der Waals surface area contributed by atoms with Crippen molar-refractivity contribution in [1.82, 2.24) is 0 Å². The second-order valence-electron chi connectivity index (χ2n) is 1.62. The number of hydrogen-bond donors (Lipinski definition) is 0. The summed E-state index contributed by atoms with van der Waals surface area (Å²) < 4.78 is 0. The maximum absolute atomic E-state index is 10.4. The summed E-state index contributed by atoms with van der Waals surface area (Å²) in [6.07, 6.45) is 1.60. The molecule has 0 aliphatic carbocycles. The van der Waals surface area contributed by atoms with Crippen LogP contribution in [0.3, 0.4) is 0 Å². The van der Waals surface area contributed by atoms with Gasteiger partial charge in [0.2, 0.25) is 0 Å². The van der Waals surface area contributed by atoms with Gasteiger partial charge in [-0.1, -0.05) is 0 Å². The van der Waals surface area contributed by atoms with E-state index < -0.39 is 0 Å². The number of carbonyl (C=O) groups excluding carboxylic acids is 1. The predicted octanol–water partition coefficient (Wildman–Crippen LogP) is 0.0583. The summed E-state index contributed by atoms with van der Waals surface area (Å²) in [6.45, 7) is 1.97. The highest BCUT2D eigenvalue weighted by molar-refractivity contribution is 6.33. The van der Waals surface area contributed by atoms with E-state index in [1.165, 1.54) is 0 Å². The normalized spacial score (nSPS) is 18.6. The van der Waals surface area contributed by atoms with Crippen LogP contribution < -0.4 is 0 Å². The largest absolute Gasteiger partial charge is 0.281 e. The van der Waals surface area contributed by atoms with Crippen LogP contribution in [0.25, 0.3) is 0 Å². The van der Waals surface area contributed by atoms with Crippen LogP contribution in [0.15, 0.2) is 9.98 Å². The van der Waals surface area contributed by atoms with Crippen LogP contribution in [0, 0.1) is 0 Å². The summed E-state index contributed by atoms with van der Waals surface area (Å²) in [5, 5.41) is 0. The third kappa shape index (κ3) is 0.992. The Bertz CT molecular complexity index is 169. The highest BCUT2D eigenvalue weighted by Crippen LogP contribution is 1.85. The number of hydrogen-bond acceptors (Lipinski definition) is 2. The molecular formula is C5H6N2O. The van der Waals surface area contributed by atoms with Crippen LogP contribution in [0.1, 0.15) is 6.92 Å². The highest BCUT2D eigenvalue weighted by Gasteiger charge is 2.00. The molecule has 0 atom stereocenters. The first kappa shape index (κ1) is 5.15. The van der Waals surface area contributed by atoms with Crippen molar-refractivity contribution in [1.29, 1.82) is 0 Å². The third-order valence-electron chi connectivity index (χ3n) is 0.806. The minimum Gasteiger partial charge on any atom is -0.281 e. The van der Waals surface area contributed by atoms with Crippen LogP contribution in [-0.2, 0) is 4.79 Å². The van der Waals surface area contributed by atoms with Gasteiger partial charge in [-0.15, -0.1) is 0 Å². The molecule has 1 rings (SSSR count). The zero-order valence-corrected chi connectivity index (χ0v) is 4.59. The lowest BCUT2D eigenvalue weighted by Crippen LogP contribution is -2.09. The fourth-order valence-electron chi connectivity index (χ4n) is 0.517. The van der Waals surface area contributed by atoms with Crippen LogP contribution >= 0.6 is 0 Å². The first-order valence-corrected chi connectivity index (χ1v) is 2.37. The maximum Gasteiger partial charge on any atom is 0.267 e. The number of carbonyl (C=O) groups is 1. The second-order valence-corrected chi connectivity index (χ2v) is 1.62. The molecule has 0 fully saturated rings. The lowest BCUT2D eigenvalue weighted by Gasteiger charge is -1.95. The fraction of sp³-hybridized carbons (Fsp3) is 0.400. The van der Waals surface area contributed by atoms with E-state index in [-0.39, 0.29) is 12.5 Å². The number of rotatable bonds is 0. The van der Waals surface area contributed by atoms with Crippen molar-refractivity contribution in [2.24, 2.45) is 9.98 Å². The van der Waals surface area contributed by atoms with Gasteiger partial charge in [-0.3, -0.25) is 9.79 Å². The Hall–Kier alpha value is -0.990. The minimum atomic E-state index is -0.148. The average molecular weight is 110 g/mol. The molecule has 0 aromatic rings. The first-order valence-electron chi connectivity index (χ1n) is 2.37. The molecule has 1 heterocycles. The van der Waals surface area contributed by atoms with Gasteiger partial charge in [0, 0.05) is 6.21 Å². The van der Waals surface area contributed by atoms with Crippen molar-refractivity contribution in [3.05, 3.63) is 0 Å². The van der Waals surface area contributed by atoms with Gasteiger partial charge in [0.1, 0.15) is 6.54 Å². The monoisotopic (exact) mass is 110 g/mol. The summed E-state index contributed by atoms with van der Waals surface area (Å²) >= 11 is 0. The van der Waals surface area contributed by atoms with Crippen molar-refractivity contribution in [3.8, 4) is 0 Å². The van der Waals surface area contributed by atoms with E-state index in [9.17, 15) is 4.79 Å². The van der Waals surface area contributed by atoms with Crippen LogP contribution in [0.2, 0.25) is 0 Å². The Morgan fingerprint density at radius 2 is 2.50 bits per heavy atom. The third-order valence-corrected chi connectivity index (χ3v) is 0.806. The molecule has 0 saturated heterocycles. The summed E-state index contributed by atoms with van der Waals surface area (Å²) in [6, 6.07) is 0. The van der Waals surface area contributed by atoms with Gasteiger partial charge >= 0.3 is 0 Å². The molecule has 42 valence electrons. The van der Waals surface area contributed by atoms with Crippen molar-refractivity contribution >= 4 is 17.8 Å². The molecule has 1 aliphatic heterocycles. The molecule has 1 aliphatic rings. The Morgan fingerprint density at radius 3 is 2.88 bits per heavy atom. The fourth-order valence-corrected chi connectivity index (χ4v) is 0.517. The van der Waals surface area contributed by atoms with Gasteiger partial charge in [-0.05, 0) is 6.92 Å². The Labute approximate surface area is 47.1 Å². The molecule has 0 unspecified atom stereocenters. The van der Waals surface area contributed by atoms with Gasteiger partial charge < -0.3 is 0 Å². The maximum atomic E-state index is 10.4. The molecule has 0 saturated carbocycles. The molecule has 8 heavy (non-hydrogen) atoms. The Kier molecular flexibility index (Phi) is 1.20. The number of amides is 1. The molecule has 0 aromatic heterocycles. The molecule has 3 nitrogen and oxygen atoms in total. The Balaban J connectivity index is 2.77. The molecule has 0 bridgehead atoms. The molecule has 0 aromatic carbocycles. The van der Waals surface area contributed by atoms with E-state index in [0.717, 1.165) is 0 Å². The van der Waals surface area contributed by atoms with Crippen molar-refractivity contribution in [2.45, 2.75) is 6.92 Å². The lowest BCUT2D eigenvalue weighted by atomic mass is 10.4. The standard InChI is InChI=1S/C5H6N2O/c1-4-2-6-3-5(8)7-4/h2H,3H2,1H3. The molecular weight excluding hydrogens is 104 g/mol. The highest BCUT2D eigenvalue weighted by atomic mass is 16.1. The molecule has 0 radical (unpaired) electrons. The predicted molar refractivity (Wildman–Crippen MR) is 31.5 cm³/mol. The van der Waals surface area contributed by atoms with E-state index in [0.29, 0.717) is 5.71 Å². The van der Waals surface area contributed by atoms with Gasteiger partial charge in [-0.2, -0.15) is 0 Å². The zero-order chi connectivity index (χ0) is 5.98. The van der Waals surface area contributed by atoms with Crippen LogP contribution in [0.4, 0.5) is 0 Å². The summed E-state index contributed by atoms with van der Waals surface area (Å²) in [5.41, 5.74) is 0.696. The summed E-state index contributed by atoms with van der Waals surface area (Å²) in [7, 11) is 0. The van der Waals surface area contributed by atoms with Gasteiger partial charge in [0.05, 0.1) is 5.71 Å². The lowest BCUT2D eigenvalue weighted by molar-refractivity contribution is -0.116. The Morgan fingerprint density at radius 1 is 1.75 bits per heavy atom. The van der Waals surface area contributed by atoms with Gasteiger partial charge in [-0.25, -0.2) is 4.99 Å². The minimum absolute atomic E-state index is 0.148. The SMILES string of the molecule is CC1=NC(=O)CN=C1. The van der Waals surface area contributed by atoms with E-state index in [1.807, 2.05) is 0 Å².